The van der Waals surface area contributed by atoms with Crippen LogP contribution in [0.3, 0.4) is 0 Å². The quantitative estimate of drug-likeness (QED) is 0.0289. The molecule has 12 heteroatoms. The molecule has 67 heavy (non-hydrogen) atoms. The standard InChI is InChI=1S/C55H78N2O10/c1-11-35(6)28-43(40-20-16-14-17-21-40)29-37(8)67-44(58)22-18-15-19-25-56-49(59)45-38(12-2)30-41(47(45)51(56)61)23-24-42-31-39(13-3)46-48(42)52(62)57(50(46)60)26-27-65-54(64)55(9,10)32-36(7)53(63)66-33-34(4)5/h12-14,16-17,20-21,23-24,34-39,41-43,45-48H,2-3,11,15,18-19,22,25-33H2,1,4-10H3/b24-23-. The number of hydrogen-bond donors (Lipinski definition) is 0. The van der Waals surface area contributed by atoms with Gasteiger partial charge < -0.3 is 14.2 Å². The number of unbranched alkanes of at least 4 members (excludes halogenated alkanes) is 2. The van der Waals surface area contributed by atoms with Crippen LogP contribution >= 0.6 is 0 Å². The van der Waals surface area contributed by atoms with Crippen LogP contribution in [0, 0.1) is 70.5 Å². The van der Waals surface area contributed by atoms with Gasteiger partial charge in [0.15, 0.2) is 0 Å². The van der Waals surface area contributed by atoms with Crippen molar-refractivity contribution in [2.24, 2.45) is 70.5 Å². The SMILES string of the molecule is C=CC1CC(/C=C\C2CC(C=C)C3C(=O)N(CCOC(=O)C(C)(C)CC(C)C(=O)OCC(C)C)C(=O)C23)C2C(=O)N(CCCCCC(=O)OC(C)CC(CC(C)CC)c3ccccc3)C(=O)C12. The molecule has 4 amide bonds. The van der Waals surface area contributed by atoms with Crippen molar-refractivity contribution in [2.45, 2.75) is 132 Å². The van der Waals surface area contributed by atoms with Gasteiger partial charge in [-0.2, -0.15) is 0 Å². The molecule has 4 fully saturated rings. The fourth-order valence-electron chi connectivity index (χ4n) is 11.1. The Bertz CT molecular complexity index is 1970. The second-order valence-corrected chi connectivity index (χ2v) is 21.1. The molecular formula is C55H78N2O10. The third-order valence-corrected chi connectivity index (χ3v) is 14.9. The van der Waals surface area contributed by atoms with E-state index in [-0.39, 0.29) is 104 Å². The van der Waals surface area contributed by atoms with Gasteiger partial charge in [-0.3, -0.25) is 43.4 Å². The molecule has 2 heterocycles. The minimum Gasteiger partial charge on any atom is -0.465 e. The van der Waals surface area contributed by atoms with Crippen LogP contribution in [0.1, 0.15) is 131 Å². The molecule has 0 radical (unpaired) electrons. The zero-order valence-corrected chi connectivity index (χ0v) is 41.5. The number of carbonyl (C=O) groups is 7. The summed E-state index contributed by atoms with van der Waals surface area (Å²) in [5, 5.41) is 0. The molecule has 12 unspecified atom stereocenters. The molecule has 5 rings (SSSR count). The average molecular weight is 927 g/mol. The van der Waals surface area contributed by atoms with Crippen molar-refractivity contribution in [3.05, 3.63) is 73.4 Å². The first-order valence-corrected chi connectivity index (χ1v) is 25.0. The van der Waals surface area contributed by atoms with Gasteiger partial charge in [-0.15, -0.1) is 13.2 Å². The van der Waals surface area contributed by atoms with Crippen LogP contribution < -0.4 is 0 Å². The fraction of sp³-hybridized carbons (Fsp3) is 0.655. The fourth-order valence-corrected chi connectivity index (χ4v) is 11.1. The molecule has 368 valence electrons. The summed E-state index contributed by atoms with van der Waals surface area (Å²) >= 11 is 0. The minimum absolute atomic E-state index is 0.0872. The second-order valence-electron chi connectivity index (χ2n) is 21.1. The summed E-state index contributed by atoms with van der Waals surface area (Å²) < 4.78 is 16.8. The summed E-state index contributed by atoms with van der Waals surface area (Å²) in [7, 11) is 0. The molecule has 1 aromatic carbocycles. The Labute approximate surface area is 399 Å². The summed E-state index contributed by atoms with van der Waals surface area (Å²) in [6.07, 6.45) is 13.6. The topological polar surface area (TPSA) is 154 Å². The molecule has 1 aromatic rings. The molecule has 2 saturated heterocycles. The lowest BCUT2D eigenvalue weighted by molar-refractivity contribution is -0.159. The summed E-state index contributed by atoms with van der Waals surface area (Å²) in [5.41, 5.74) is 0.266. The highest BCUT2D eigenvalue weighted by Crippen LogP contribution is 2.51. The maximum Gasteiger partial charge on any atom is 0.311 e. The largest absolute Gasteiger partial charge is 0.465 e. The number of hydrogen-bond acceptors (Lipinski definition) is 10. The first-order valence-electron chi connectivity index (χ1n) is 25.0. The summed E-state index contributed by atoms with van der Waals surface area (Å²) in [4.78, 5) is 96.5. The van der Waals surface area contributed by atoms with Crippen molar-refractivity contribution in [3.63, 3.8) is 0 Å². The Morgan fingerprint density at radius 1 is 0.731 bits per heavy atom. The number of esters is 3. The number of rotatable bonds is 26. The highest BCUT2D eigenvalue weighted by atomic mass is 16.5. The van der Waals surface area contributed by atoms with Gasteiger partial charge in [0.05, 0.1) is 54.3 Å². The first kappa shape index (κ1) is 53.1. The molecule has 2 aliphatic heterocycles. The lowest BCUT2D eigenvalue weighted by Gasteiger charge is -2.26. The van der Waals surface area contributed by atoms with Crippen LogP contribution in [0.25, 0.3) is 0 Å². The Hall–Kier alpha value is -4.87. The third kappa shape index (κ3) is 13.0. The van der Waals surface area contributed by atoms with Crippen molar-refractivity contribution in [3.8, 4) is 0 Å². The van der Waals surface area contributed by atoms with Gasteiger partial charge in [0.25, 0.3) is 0 Å². The van der Waals surface area contributed by atoms with Crippen molar-refractivity contribution < 1.29 is 47.8 Å². The lowest BCUT2D eigenvalue weighted by Crippen LogP contribution is -2.38. The van der Waals surface area contributed by atoms with Gasteiger partial charge in [0.2, 0.25) is 23.6 Å². The predicted octanol–water partition coefficient (Wildman–Crippen LogP) is 9.29. The summed E-state index contributed by atoms with van der Waals surface area (Å²) in [6.45, 7) is 23.7. The minimum atomic E-state index is -1.00. The van der Waals surface area contributed by atoms with Gasteiger partial charge in [0, 0.05) is 13.0 Å². The van der Waals surface area contributed by atoms with Crippen molar-refractivity contribution >= 4 is 41.5 Å². The van der Waals surface area contributed by atoms with Crippen LogP contribution in [-0.2, 0) is 47.8 Å². The van der Waals surface area contributed by atoms with Gasteiger partial charge in [-0.25, -0.2) is 0 Å². The van der Waals surface area contributed by atoms with E-state index in [0.717, 1.165) is 19.3 Å². The highest BCUT2D eigenvalue weighted by Gasteiger charge is 2.59. The molecular weight excluding hydrogens is 849 g/mol. The number of fused-ring (bicyclic) bond motifs is 2. The molecule has 0 N–H and O–H groups in total. The highest BCUT2D eigenvalue weighted by molar-refractivity contribution is 6.07. The van der Waals surface area contributed by atoms with E-state index in [4.69, 9.17) is 14.2 Å². The number of imide groups is 2. The number of carbonyl (C=O) groups excluding carboxylic acids is 7. The number of nitrogens with zero attached hydrogens (tertiary/aromatic N) is 2. The molecule has 12 atom stereocenters. The van der Waals surface area contributed by atoms with Gasteiger partial charge in [-0.05, 0) is 113 Å². The van der Waals surface area contributed by atoms with Gasteiger partial charge in [-0.1, -0.05) is 102 Å². The Morgan fingerprint density at radius 3 is 1.79 bits per heavy atom. The Balaban J connectivity index is 1.11. The van der Waals surface area contributed by atoms with E-state index in [9.17, 15) is 33.6 Å². The zero-order chi connectivity index (χ0) is 49.2. The van der Waals surface area contributed by atoms with Crippen molar-refractivity contribution in [2.75, 3.05) is 26.3 Å². The summed E-state index contributed by atoms with van der Waals surface area (Å²) in [5.74, 6) is -4.83. The van der Waals surface area contributed by atoms with E-state index in [1.54, 1.807) is 32.9 Å². The smallest absolute Gasteiger partial charge is 0.311 e. The van der Waals surface area contributed by atoms with E-state index in [1.807, 2.05) is 39.0 Å². The van der Waals surface area contributed by atoms with Gasteiger partial charge in [0.1, 0.15) is 6.61 Å². The van der Waals surface area contributed by atoms with Crippen LogP contribution in [0.2, 0.25) is 0 Å². The number of allylic oxidation sites excluding steroid dienone is 4. The van der Waals surface area contributed by atoms with E-state index in [2.05, 4.69) is 51.3 Å². The van der Waals surface area contributed by atoms with Gasteiger partial charge >= 0.3 is 17.9 Å². The number of amides is 4. The molecule has 0 aromatic heterocycles. The monoisotopic (exact) mass is 927 g/mol. The third-order valence-electron chi connectivity index (χ3n) is 14.9. The Morgan fingerprint density at radius 2 is 1.27 bits per heavy atom. The Kier molecular flexibility index (Phi) is 19.0. The summed E-state index contributed by atoms with van der Waals surface area (Å²) in [6, 6.07) is 10.4. The molecule has 0 spiro atoms. The molecule has 2 aliphatic carbocycles. The maximum atomic E-state index is 14.0. The van der Waals surface area contributed by atoms with E-state index >= 15 is 0 Å². The zero-order valence-electron chi connectivity index (χ0n) is 41.5. The van der Waals surface area contributed by atoms with E-state index in [1.165, 1.54) is 15.4 Å². The molecule has 2 saturated carbocycles. The number of likely N-dealkylation sites (tertiary alicyclic amines) is 2. The molecule has 4 aliphatic rings. The number of ether oxygens (including phenoxy) is 3. The van der Waals surface area contributed by atoms with E-state index in [0.29, 0.717) is 50.5 Å². The van der Waals surface area contributed by atoms with Crippen LogP contribution in [0.5, 0.6) is 0 Å². The molecule has 12 nitrogen and oxygen atoms in total. The van der Waals surface area contributed by atoms with Crippen LogP contribution in [-0.4, -0.2) is 83.7 Å². The molecule has 0 bridgehead atoms. The lowest BCUT2D eigenvalue weighted by atomic mass is 9.83. The van der Waals surface area contributed by atoms with E-state index < -0.39 is 41.0 Å². The average Bonchev–Trinajstić information content (AvgIpc) is 4.00. The normalized spacial score (nSPS) is 26.7. The predicted molar refractivity (Wildman–Crippen MR) is 256 cm³/mol. The van der Waals surface area contributed by atoms with Crippen molar-refractivity contribution in [1.82, 2.24) is 9.80 Å². The maximum absolute atomic E-state index is 14.0. The first-order chi connectivity index (χ1) is 31.8. The van der Waals surface area contributed by atoms with Crippen molar-refractivity contribution in [1.29, 1.82) is 0 Å². The van der Waals surface area contributed by atoms with Crippen LogP contribution in [0.15, 0.2) is 67.8 Å². The van der Waals surface area contributed by atoms with Crippen LogP contribution in [0.4, 0.5) is 0 Å². The number of benzene rings is 1. The second kappa shape index (κ2) is 23.9.